The molecule has 0 amide bonds. The Balaban J connectivity index is 1.93. The lowest BCUT2D eigenvalue weighted by Gasteiger charge is -2.28. The fourth-order valence-corrected chi connectivity index (χ4v) is 1.86. The van der Waals surface area contributed by atoms with E-state index in [1.807, 2.05) is 12.1 Å². The molecule has 0 unspecified atom stereocenters. The Morgan fingerprint density at radius 1 is 1.38 bits per heavy atom. The van der Waals surface area contributed by atoms with E-state index in [9.17, 15) is 0 Å². The normalized spacial score (nSPS) is 18.4. The molecule has 1 aromatic heterocycles. The Morgan fingerprint density at radius 2 is 2.12 bits per heavy atom. The van der Waals surface area contributed by atoms with Crippen LogP contribution in [-0.4, -0.2) is 43.2 Å². The first-order chi connectivity index (χ1) is 7.78. The molecular formula is C12H18N2O2. The number of piperidine rings is 1. The molecule has 0 atom stereocenters. The van der Waals surface area contributed by atoms with Gasteiger partial charge in [0.1, 0.15) is 11.9 Å². The summed E-state index contributed by atoms with van der Waals surface area (Å²) in [6, 6.07) is 3.65. The maximum absolute atomic E-state index is 5.83. The van der Waals surface area contributed by atoms with Gasteiger partial charge in [0.25, 0.3) is 0 Å². The Bertz CT molecular complexity index is 336. The zero-order valence-electron chi connectivity index (χ0n) is 9.85. The molecule has 4 heteroatoms. The van der Waals surface area contributed by atoms with Crippen molar-refractivity contribution in [2.24, 2.45) is 0 Å². The summed E-state index contributed by atoms with van der Waals surface area (Å²) in [5.41, 5.74) is 0. The molecule has 0 saturated carbocycles. The molecule has 4 nitrogen and oxygen atoms in total. The van der Waals surface area contributed by atoms with Crippen molar-refractivity contribution >= 4 is 0 Å². The van der Waals surface area contributed by atoms with Crippen LogP contribution in [0.5, 0.6) is 11.6 Å². The van der Waals surface area contributed by atoms with E-state index >= 15 is 0 Å². The number of ether oxygens (including phenoxy) is 2. The van der Waals surface area contributed by atoms with Crippen LogP contribution in [0.15, 0.2) is 18.3 Å². The van der Waals surface area contributed by atoms with Crippen LogP contribution in [0, 0.1) is 0 Å². The number of pyridine rings is 1. The van der Waals surface area contributed by atoms with Crippen LogP contribution < -0.4 is 9.47 Å². The van der Waals surface area contributed by atoms with E-state index in [0.717, 1.165) is 31.7 Å². The lowest BCUT2D eigenvalue weighted by Crippen LogP contribution is -2.35. The minimum Gasteiger partial charge on any atom is -0.497 e. The summed E-state index contributed by atoms with van der Waals surface area (Å²) in [5.74, 6) is 1.45. The van der Waals surface area contributed by atoms with Gasteiger partial charge in [0.15, 0.2) is 0 Å². The molecule has 1 aromatic rings. The van der Waals surface area contributed by atoms with Crippen molar-refractivity contribution in [3.8, 4) is 11.6 Å². The molecule has 0 spiro atoms. The number of aromatic nitrogens is 1. The highest BCUT2D eigenvalue weighted by Gasteiger charge is 2.18. The quantitative estimate of drug-likeness (QED) is 0.777. The first-order valence-corrected chi connectivity index (χ1v) is 5.63. The average Bonchev–Trinajstić information content (AvgIpc) is 2.32. The molecule has 0 bridgehead atoms. The highest BCUT2D eigenvalue weighted by Crippen LogP contribution is 2.20. The van der Waals surface area contributed by atoms with Gasteiger partial charge >= 0.3 is 0 Å². The largest absolute Gasteiger partial charge is 0.497 e. The summed E-state index contributed by atoms with van der Waals surface area (Å²) in [6.07, 6.45) is 4.13. The van der Waals surface area contributed by atoms with Gasteiger partial charge in [0.05, 0.1) is 7.11 Å². The van der Waals surface area contributed by atoms with Crippen molar-refractivity contribution in [2.75, 3.05) is 27.2 Å². The fraction of sp³-hybridized carbons (Fsp3) is 0.583. The Labute approximate surface area is 96.2 Å². The Kier molecular flexibility index (Phi) is 3.62. The van der Waals surface area contributed by atoms with Gasteiger partial charge in [-0.25, -0.2) is 4.98 Å². The number of nitrogens with zero attached hydrogens (tertiary/aromatic N) is 2. The second-order valence-electron chi connectivity index (χ2n) is 4.15. The predicted octanol–water partition coefficient (Wildman–Crippen LogP) is 1.56. The second-order valence-corrected chi connectivity index (χ2v) is 4.15. The third-order valence-electron chi connectivity index (χ3n) is 2.90. The van der Waals surface area contributed by atoms with E-state index in [4.69, 9.17) is 9.47 Å². The van der Waals surface area contributed by atoms with E-state index in [2.05, 4.69) is 16.9 Å². The monoisotopic (exact) mass is 222 g/mol. The molecule has 1 aliphatic rings. The maximum atomic E-state index is 5.83. The van der Waals surface area contributed by atoms with Crippen LogP contribution in [0.25, 0.3) is 0 Å². The lowest BCUT2D eigenvalue weighted by atomic mass is 10.1. The minimum absolute atomic E-state index is 0.288. The molecular weight excluding hydrogens is 204 g/mol. The molecule has 0 aliphatic carbocycles. The maximum Gasteiger partial charge on any atom is 0.217 e. The molecule has 1 saturated heterocycles. The zero-order chi connectivity index (χ0) is 11.4. The van der Waals surface area contributed by atoms with Crippen molar-refractivity contribution in [3.63, 3.8) is 0 Å². The Hall–Kier alpha value is -1.29. The van der Waals surface area contributed by atoms with Crippen LogP contribution >= 0.6 is 0 Å². The summed E-state index contributed by atoms with van der Waals surface area (Å²) in [4.78, 5) is 6.50. The van der Waals surface area contributed by atoms with E-state index in [-0.39, 0.29) is 6.10 Å². The molecule has 0 aromatic carbocycles. The highest BCUT2D eigenvalue weighted by molar-refractivity contribution is 5.26. The summed E-state index contributed by atoms with van der Waals surface area (Å²) in [5, 5.41) is 0. The van der Waals surface area contributed by atoms with E-state index < -0.39 is 0 Å². The van der Waals surface area contributed by atoms with Crippen molar-refractivity contribution in [1.82, 2.24) is 9.88 Å². The van der Waals surface area contributed by atoms with E-state index in [1.165, 1.54) is 0 Å². The number of hydrogen-bond acceptors (Lipinski definition) is 4. The van der Waals surface area contributed by atoms with Gasteiger partial charge in [-0.2, -0.15) is 0 Å². The predicted molar refractivity (Wildman–Crippen MR) is 61.9 cm³/mol. The first-order valence-electron chi connectivity index (χ1n) is 5.63. The molecule has 0 radical (unpaired) electrons. The molecule has 0 N–H and O–H groups in total. The van der Waals surface area contributed by atoms with Crippen molar-refractivity contribution in [3.05, 3.63) is 18.3 Å². The highest BCUT2D eigenvalue weighted by atomic mass is 16.5. The van der Waals surface area contributed by atoms with Crippen LogP contribution in [0.3, 0.4) is 0 Å². The molecule has 88 valence electrons. The topological polar surface area (TPSA) is 34.6 Å². The van der Waals surface area contributed by atoms with Crippen molar-refractivity contribution in [2.45, 2.75) is 18.9 Å². The third-order valence-corrected chi connectivity index (χ3v) is 2.90. The SMILES string of the molecule is COc1ccnc(OC2CCN(C)CC2)c1. The van der Waals surface area contributed by atoms with Gasteiger partial charge in [-0.1, -0.05) is 0 Å². The number of rotatable bonds is 3. The Morgan fingerprint density at radius 3 is 2.81 bits per heavy atom. The minimum atomic E-state index is 0.288. The summed E-state index contributed by atoms with van der Waals surface area (Å²) >= 11 is 0. The molecule has 2 heterocycles. The number of methoxy groups -OCH3 is 1. The van der Waals surface area contributed by atoms with Gasteiger partial charge in [-0.05, 0) is 26.0 Å². The van der Waals surface area contributed by atoms with Crippen molar-refractivity contribution < 1.29 is 9.47 Å². The number of hydrogen-bond donors (Lipinski definition) is 0. The second kappa shape index (κ2) is 5.16. The molecule has 1 fully saturated rings. The lowest BCUT2D eigenvalue weighted by molar-refractivity contribution is 0.109. The van der Waals surface area contributed by atoms with Gasteiger partial charge in [0, 0.05) is 25.4 Å². The van der Waals surface area contributed by atoms with Crippen LogP contribution in [-0.2, 0) is 0 Å². The summed E-state index contributed by atoms with van der Waals surface area (Å²) in [7, 11) is 3.79. The van der Waals surface area contributed by atoms with Crippen LogP contribution in [0.4, 0.5) is 0 Å². The summed E-state index contributed by atoms with van der Waals surface area (Å²) in [6.45, 7) is 2.18. The standard InChI is InChI=1S/C12H18N2O2/c1-14-7-4-10(5-8-14)16-12-9-11(15-2)3-6-13-12/h3,6,9-10H,4-5,7-8H2,1-2H3. The van der Waals surface area contributed by atoms with Gasteiger partial charge < -0.3 is 14.4 Å². The fourth-order valence-electron chi connectivity index (χ4n) is 1.86. The molecule has 2 rings (SSSR count). The van der Waals surface area contributed by atoms with Crippen LogP contribution in [0.1, 0.15) is 12.8 Å². The zero-order valence-corrected chi connectivity index (χ0v) is 9.85. The van der Waals surface area contributed by atoms with Gasteiger partial charge in [-0.15, -0.1) is 0 Å². The smallest absolute Gasteiger partial charge is 0.217 e. The van der Waals surface area contributed by atoms with Crippen molar-refractivity contribution in [1.29, 1.82) is 0 Å². The summed E-state index contributed by atoms with van der Waals surface area (Å²) < 4.78 is 11.0. The van der Waals surface area contributed by atoms with Crippen LogP contribution in [0.2, 0.25) is 0 Å². The molecule has 1 aliphatic heterocycles. The van der Waals surface area contributed by atoms with E-state index in [1.54, 1.807) is 13.3 Å². The average molecular weight is 222 g/mol. The van der Waals surface area contributed by atoms with Gasteiger partial charge in [0.2, 0.25) is 5.88 Å². The van der Waals surface area contributed by atoms with E-state index in [0.29, 0.717) is 5.88 Å². The van der Waals surface area contributed by atoms with Gasteiger partial charge in [-0.3, -0.25) is 0 Å². The molecule has 16 heavy (non-hydrogen) atoms. The number of likely N-dealkylation sites (tertiary alicyclic amines) is 1. The third kappa shape index (κ3) is 2.85. The first kappa shape index (κ1) is 11.2.